The molecular weight excluding hydrogens is 252 g/mol. The average molecular weight is 266 g/mol. The minimum atomic E-state index is -0.234. The minimum absolute atomic E-state index is 0.126. The van der Waals surface area contributed by atoms with Gasteiger partial charge in [-0.15, -0.1) is 0 Å². The van der Waals surface area contributed by atoms with Crippen LogP contribution in [0.25, 0.3) is 0 Å². The van der Waals surface area contributed by atoms with Gasteiger partial charge in [0.25, 0.3) is 5.91 Å². The Hall–Kier alpha value is -2.64. The zero-order valence-electron chi connectivity index (χ0n) is 10.9. The smallest absolute Gasteiger partial charge is 0.258 e. The molecule has 0 aliphatic rings. The van der Waals surface area contributed by atoms with E-state index in [1.165, 1.54) is 4.90 Å². The Morgan fingerprint density at radius 3 is 2.55 bits per heavy atom. The molecule has 0 atom stereocenters. The molecule has 0 aliphatic heterocycles. The van der Waals surface area contributed by atoms with Gasteiger partial charge in [-0.1, -0.05) is 24.3 Å². The van der Waals surface area contributed by atoms with Crippen LogP contribution in [0.3, 0.4) is 0 Å². The third-order valence-electron chi connectivity index (χ3n) is 2.88. The van der Waals surface area contributed by atoms with Gasteiger partial charge < -0.3 is 10.0 Å². The van der Waals surface area contributed by atoms with E-state index in [1.54, 1.807) is 24.3 Å². The predicted octanol–water partition coefficient (Wildman–Crippen LogP) is 2.20. The molecule has 1 N–H and O–H groups in total. The Morgan fingerprint density at radius 2 is 1.90 bits per heavy atom. The van der Waals surface area contributed by atoms with Crippen molar-refractivity contribution in [1.29, 1.82) is 5.26 Å². The number of carbonyl (C=O) groups is 1. The lowest BCUT2D eigenvalue weighted by Crippen LogP contribution is -2.33. The molecule has 1 amide bonds. The average Bonchev–Trinajstić information content (AvgIpc) is 2.53. The van der Waals surface area contributed by atoms with Gasteiger partial charge in [0.15, 0.2) is 0 Å². The van der Waals surface area contributed by atoms with Crippen LogP contribution in [-0.2, 0) is 0 Å². The summed E-state index contributed by atoms with van der Waals surface area (Å²) >= 11 is 0. The summed E-state index contributed by atoms with van der Waals surface area (Å²) in [5.74, 6) is -0.234. The minimum Gasteiger partial charge on any atom is -0.395 e. The van der Waals surface area contributed by atoms with Crippen molar-refractivity contribution in [1.82, 2.24) is 0 Å². The second-order valence-corrected chi connectivity index (χ2v) is 4.21. The van der Waals surface area contributed by atoms with Crippen molar-refractivity contribution in [2.75, 3.05) is 18.1 Å². The Morgan fingerprint density at radius 1 is 1.15 bits per heavy atom. The molecule has 0 aromatic heterocycles. The molecule has 0 bridgehead atoms. The van der Waals surface area contributed by atoms with Crippen LogP contribution in [0.2, 0.25) is 0 Å². The zero-order chi connectivity index (χ0) is 14.4. The highest BCUT2D eigenvalue weighted by Gasteiger charge is 2.17. The number of benzene rings is 2. The van der Waals surface area contributed by atoms with Crippen molar-refractivity contribution in [2.24, 2.45) is 0 Å². The third kappa shape index (κ3) is 3.02. The summed E-state index contributed by atoms with van der Waals surface area (Å²) in [7, 11) is 0. The standard InChI is InChI=1S/C16H14N2O2/c17-12-13-5-4-6-14(11-13)16(20)18(9-10-19)15-7-2-1-3-8-15/h1-8,11,19H,9-10H2. The van der Waals surface area contributed by atoms with Crippen LogP contribution in [0.5, 0.6) is 0 Å². The Kier molecular flexibility index (Phi) is 4.48. The quantitative estimate of drug-likeness (QED) is 0.922. The number of nitriles is 1. The van der Waals surface area contributed by atoms with Crippen LogP contribution < -0.4 is 4.90 Å². The fourth-order valence-corrected chi connectivity index (χ4v) is 1.93. The lowest BCUT2D eigenvalue weighted by molar-refractivity contribution is 0.0981. The first-order valence-corrected chi connectivity index (χ1v) is 6.24. The molecule has 20 heavy (non-hydrogen) atoms. The summed E-state index contributed by atoms with van der Waals surface area (Å²) in [5.41, 5.74) is 1.59. The van der Waals surface area contributed by atoms with Crippen LogP contribution in [0, 0.1) is 11.3 Å². The lowest BCUT2D eigenvalue weighted by atomic mass is 10.1. The lowest BCUT2D eigenvalue weighted by Gasteiger charge is -2.22. The van der Waals surface area contributed by atoms with Gasteiger partial charge in [-0.05, 0) is 30.3 Å². The molecule has 0 heterocycles. The first-order valence-electron chi connectivity index (χ1n) is 6.24. The van der Waals surface area contributed by atoms with Crippen LogP contribution in [0.1, 0.15) is 15.9 Å². The topological polar surface area (TPSA) is 64.3 Å². The summed E-state index contributed by atoms with van der Waals surface area (Å²) in [5, 5.41) is 18.0. The number of hydrogen-bond acceptors (Lipinski definition) is 3. The molecule has 0 saturated heterocycles. The first kappa shape index (κ1) is 13.8. The number of para-hydroxylation sites is 1. The van der Waals surface area contributed by atoms with Gasteiger partial charge in [-0.25, -0.2) is 0 Å². The highest BCUT2D eigenvalue weighted by atomic mass is 16.3. The monoisotopic (exact) mass is 266 g/mol. The molecule has 2 aromatic rings. The molecule has 2 rings (SSSR count). The Labute approximate surface area is 117 Å². The van der Waals surface area contributed by atoms with Crippen molar-refractivity contribution >= 4 is 11.6 Å². The van der Waals surface area contributed by atoms with Crippen molar-refractivity contribution in [2.45, 2.75) is 0 Å². The second kappa shape index (κ2) is 6.50. The van der Waals surface area contributed by atoms with E-state index >= 15 is 0 Å². The molecule has 2 aromatic carbocycles. The molecule has 0 aliphatic carbocycles. The normalized spacial score (nSPS) is 9.80. The van der Waals surface area contributed by atoms with E-state index in [0.717, 1.165) is 0 Å². The van der Waals surface area contributed by atoms with E-state index in [1.807, 2.05) is 36.4 Å². The molecule has 4 heteroatoms. The molecular formula is C16H14N2O2. The number of aliphatic hydroxyl groups is 1. The molecule has 0 saturated carbocycles. The van der Waals surface area contributed by atoms with E-state index in [-0.39, 0.29) is 19.1 Å². The summed E-state index contributed by atoms with van der Waals surface area (Å²) in [6.45, 7) is 0.0816. The van der Waals surface area contributed by atoms with Crippen LogP contribution >= 0.6 is 0 Å². The fraction of sp³-hybridized carbons (Fsp3) is 0.125. The largest absolute Gasteiger partial charge is 0.395 e. The highest BCUT2D eigenvalue weighted by molar-refractivity contribution is 6.06. The van der Waals surface area contributed by atoms with Gasteiger partial charge in [0.05, 0.1) is 18.2 Å². The molecule has 0 fully saturated rings. The SMILES string of the molecule is N#Cc1cccc(C(=O)N(CCO)c2ccccc2)c1. The number of aliphatic hydroxyl groups excluding tert-OH is 1. The van der Waals surface area contributed by atoms with E-state index < -0.39 is 0 Å². The maximum absolute atomic E-state index is 12.5. The van der Waals surface area contributed by atoms with Gasteiger partial charge in [0, 0.05) is 17.8 Å². The number of anilines is 1. The van der Waals surface area contributed by atoms with Crippen molar-refractivity contribution in [3.05, 3.63) is 65.7 Å². The van der Waals surface area contributed by atoms with Gasteiger partial charge >= 0.3 is 0 Å². The highest BCUT2D eigenvalue weighted by Crippen LogP contribution is 2.17. The maximum Gasteiger partial charge on any atom is 0.258 e. The van der Waals surface area contributed by atoms with E-state index in [9.17, 15) is 4.79 Å². The van der Waals surface area contributed by atoms with E-state index in [2.05, 4.69) is 0 Å². The summed E-state index contributed by atoms with van der Waals surface area (Å²) < 4.78 is 0. The van der Waals surface area contributed by atoms with Gasteiger partial charge in [0.1, 0.15) is 0 Å². The van der Waals surface area contributed by atoms with Crippen LogP contribution in [0.4, 0.5) is 5.69 Å². The molecule has 100 valence electrons. The van der Waals surface area contributed by atoms with E-state index in [0.29, 0.717) is 16.8 Å². The zero-order valence-corrected chi connectivity index (χ0v) is 10.9. The molecule has 0 unspecified atom stereocenters. The summed E-state index contributed by atoms with van der Waals surface area (Å²) in [6, 6.07) is 17.7. The predicted molar refractivity (Wildman–Crippen MR) is 76.4 cm³/mol. The molecule has 4 nitrogen and oxygen atoms in total. The van der Waals surface area contributed by atoms with Crippen molar-refractivity contribution in [3.63, 3.8) is 0 Å². The Balaban J connectivity index is 2.34. The third-order valence-corrected chi connectivity index (χ3v) is 2.88. The van der Waals surface area contributed by atoms with Crippen molar-refractivity contribution in [3.8, 4) is 6.07 Å². The van der Waals surface area contributed by atoms with Crippen LogP contribution in [0.15, 0.2) is 54.6 Å². The fourth-order valence-electron chi connectivity index (χ4n) is 1.93. The van der Waals surface area contributed by atoms with Crippen LogP contribution in [-0.4, -0.2) is 24.2 Å². The second-order valence-electron chi connectivity index (χ2n) is 4.21. The van der Waals surface area contributed by atoms with Gasteiger partial charge in [0.2, 0.25) is 0 Å². The van der Waals surface area contributed by atoms with Gasteiger partial charge in [-0.2, -0.15) is 5.26 Å². The first-order chi connectivity index (χ1) is 9.76. The molecule has 0 spiro atoms. The number of rotatable bonds is 4. The van der Waals surface area contributed by atoms with Gasteiger partial charge in [-0.3, -0.25) is 4.79 Å². The summed E-state index contributed by atoms with van der Waals surface area (Å²) in [6.07, 6.45) is 0. The summed E-state index contributed by atoms with van der Waals surface area (Å²) in [4.78, 5) is 14.0. The molecule has 0 radical (unpaired) electrons. The maximum atomic E-state index is 12.5. The van der Waals surface area contributed by atoms with E-state index in [4.69, 9.17) is 10.4 Å². The Bertz CT molecular complexity index is 632. The number of nitrogens with zero attached hydrogens (tertiary/aromatic N) is 2. The number of amides is 1. The van der Waals surface area contributed by atoms with Crippen molar-refractivity contribution < 1.29 is 9.90 Å². The number of hydrogen-bond donors (Lipinski definition) is 1. The number of carbonyl (C=O) groups excluding carboxylic acids is 1.